The Balaban J connectivity index is 2.49. The second-order valence-electron chi connectivity index (χ2n) is 6.86. The molecule has 0 aromatic rings. The first-order valence-electron chi connectivity index (χ1n) is 8.04. The van der Waals surface area contributed by atoms with Crippen LogP contribution in [0.25, 0.3) is 0 Å². The molecular formula is C16H32N2O2. The third kappa shape index (κ3) is 4.45. The molecule has 3 atom stereocenters. The van der Waals surface area contributed by atoms with E-state index >= 15 is 0 Å². The molecule has 0 amide bonds. The molecule has 118 valence electrons. The van der Waals surface area contributed by atoms with Gasteiger partial charge in [0.05, 0.1) is 0 Å². The minimum atomic E-state index is -0.759. The molecular weight excluding hydrogens is 252 g/mol. The van der Waals surface area contributed by atoms with Crippen LogP contribution in [0, 0.1) is 11.8 Å². The van der Waals surface area contributed by atoms with Crippen LogP contribution in [0.1, 0.15) is 53.9 Å². The quantitative estimate of drug-likeness (QED) is 0.719. The molecule has 0 aromatic carbocycles. The van der Waals surface area contributed by atoms with Crippen LogP contribution in [-0.2, 0) is 4.79 Å². The molecule has 1 aliphatic rings. The van der Waals surface area contributed by atoms with E-state index in [9.17, 15) is 9.90 Å². The van der Waals surface area contributed by atoms with E-state index in [1.807, 2.05) is 20.8 Å². The Morgan fingerprint density at radius 1 is 1.35 bits per heavy atom. The molecule has 1 heterocycles. The maximum absolute atomic E-state index is 11.6. The van der Waals surface area contributed by atoms with Crippen LogP contribution in [0.4, 0.5) is 0 Å². The molecule has 1 saturated heterocycles. The Bertz CT molecular complexity index is 310. The van der Waals surface area contributed by atoms with E-state index < -0.39 is 11.5 Å². The Hall–Kier alpha value is -0.610. The lowest BCUT2D eigenvalue weighted by molar-refractivity contribution is -0.145. The number of nitrogens with zero attached hydrogens (tertiary/aromatic N) is 1. The topological polar surface area (TPSA) is 52.6 Å². The van der Waals surface area contributed by atoms with Gasteiger partial charge in [0, 0.05) is 19.1 Å². The summed E-state index contributed by atoms with van der Waals surface area (Å²) in [4.78, 5) is 14.1. The largest absolute Gasteiger partial charge is 0.480 e. The maximum Gasteiger partial charge on any atom is 0.323 e. The zero-order valence-electron chi connectivity index (χ0n) is 13.8. The van der Waals surface area contributed by atoms with Crippen molar-refractivity contribution in [3.63, 3.8) is 0 Å². The molecule has 0 spiro atoms. The number of carbonyl (C=O) groups is 1. The van der Waals surface area contributed by atoms with E-state index in [0.717, 1.165) is 37.9 Å². The van der Waals surface area contributed by atoms with Crippen LogP contribution in [0.15, 0.2) is 0 Å². The Morgan fingerprint density at radius 2 is 1.90 bits per heavy atom. The van der Waals surface area contributed by atoms with Crippen LogP contribution < -0.4 is 5.32 Å². The molecule has 1 aliphatic heterocycles. The van der Waals surface area contributed by atoms with Crippen molar-refractivity contribution in [3.8, 4) is 0 Å². The highest BCUT2D eigenvalue weighted by Crippen LogP contribution is 2.24. The molecule has 0 aliphatic carbocycles. The number of nitrogens with one attached hydrogen (secondary N) is 1. The van der Waals surface area contributed by atoms with Gasteiger partial charge in [-0.3, -0.25) is 10.1 Å². The molecule has 4 nitrogen and oxygen atoms in total. The SMILES string of the molecule is CCC(CCCN1CC(C)C(C)C1)(NC(C)C)C(=O)O. The zero-order valence-corrected chi connectivity index (χ0v) is 13.8. The van der Waals surface area contributed by atoms with Crippen LogP contribution in [0.2, 0.25) is 0 Å². The monoisotopic (exact) mass is 284 g/mol. The summed E-state index contributed by atoms with van der Waals surface area (Å²) in [6.45, 7) is 13.9. The Morgan fingerprint density at radius 3 is 2.30 bits per heavy atom. The Labute approximate surface area is 123 Å². The number of likely N-dealkylation sites (tertiary alicyclic amines) is 1. The van der Waals surface area contributed by atoms with Gasteiger partial charge in [-0.25, -0.2) is 0 Å². The normalized spacial score (nSPS) is 26.9. The van der Waals surface area contributed by atoms with Crippen molar-refractivity contribution in [1.82, 2.24) is 10.2 Å². The average Bonchev–Trinajstić information content (AvgIpc) is 2.66. The molecule has 2 N–H and O–H groups in total. The van der Waals surface area contributed by atoms with Crippen molar-refractivity contribution < 1.29 is 9.90 Å². The molecule has 0 saturated carbocycles. The second kappa shape index (κ2) is 7.41. The summed E-state index contributed by atoms with van der Waals surface area (Å²) in [5.74, 6) is 0.815. The third-order valence-corrected chi connectivity index (χ3v) is 4.72. The highest BCUT2D eigenvalue weighted by atomic mass is 16.4. The molecule has 0 aromatic heterocycles. The van der Waals surface area contributed by atoms with Crippen molar-refractivity contribution in [1.29, 1.82) is 0 Å². The van der Waals surface area contributed by atoms with Crippen molar-refractivity contribution in [2.45, 2.75) is 65.5 Å². The Kier molecular flexibility index (Phi) is 6.46. The van der Waals surface area contributed by atoms with Gasteiger partial charge in [-0.15, -0.1) is 0 Å². The molecule has 0 bridgehead atoms. The second-order valence-corrected chi connectivity index (χ2v) is 6.86. The number of carboxylic acids is 1. The van der Waals surface area contributed by atoms with Gasteiger partial charge >= 0.3 is 5.97 Å². The van der Waals surface area contributed by atoms with Crippen LogP contribution in [0.5, 0.6) is 0 Å². The minimum Gasteiger partial charge on any atom is -0.480 e. The fraction of sp³-hybridized carbons (Fsp3) is 0.938. The van der Waals surface area contributed by atoms with Crippen LogP contribution in [0.3, 0.4) is 0 Å². The summed E-state index contributed by atoms with van der Waals surface area (Å²) in [5, 5.41) is 12.8. The molecule has 20 heavy (non-hydrogen) atoms. The smallest absolute Gasteiger partial charge is 0.323 e. The van der Waals surface area contributed by atoms with Gasteiger partial charge in [-0.1, -0.05) is 20.8 Å². The predicted molar refractivity (Wildman–Crippen MR) is 82.9 cm³/mol. The minimum absolute atomic E-state index is 0.192. The van der Waals surface area contributed by atoms with Gasteiger partial charge in [-0.05, 0) is 51.5 Å². The summed E-state index contributed by atoms with van der Waals surface area (Å²) >= 11 is 0. The van der Waals surface area contributed by atoms with E-state index in [4.69, 9.17) is 0 Å². The molecule has 1 rings (SSSR count). The van der Waals surface area contributed by atoms with E-state index in [1.165, 1.54) is 0 Å². The van der Waals surface area contributed by atoms with Crippen LogP contribution >= 0.6 is 0 Å². The molecule has 3 unspecified atom stereocenters. The molecule has 1 fully saturated rings. The average molecular weight is 284 g/mol. The van der Waals surface area contributed by atoms with E-state index in [-0.39, 0.29) is 6.04 Å². The standard InChI is InChI=1S/C16H32N2O2/c1-6-16(15(19)20,17-12(2)3)8-7-9-18-10-13(4)14(5)11-18/h12-14,17H,6-11H2,1-5H3,(H,19,20). The lowest BCUT2D eigenvalue weighted by Gasteiger charge is -2.32. The summed E-state index contributed by atoms with van der Waals surface area (Å²) in [7, 11) is 0. The van der Waals surface area contributed by atoms with E-state index in [2.05, 4.69) is 24.1 Å². The molecule has 0 radical (unpaired) electrons. The van der Waals surface area contributed by atoms with Gasteiger partial charge in [0.2, 0.25) is 0 Å². The summed E-state index contributed by atoms with van der Waals surface area (Å²) < 4.78 is 0. The van der Waals surface area contributed by atoms with Crippen molar-refractivity contribution in [2.24, 2.45) is 11.8 Å². The van der Waals surface area contributed by atoms with Gasteiger partial charge in [0.25, 0.3) is 0 Å². The lowest BCUT2D eigenvalue weighted by atomic mass is 9.89. The summed E-state index contributed by atoms with van der Waals surface area (Å²) in [6, 6.07) is 0.192. The van der Waals surface area contributed by atoms with Gasteiger partial charge in [0.1, 0.15) is 5.54 Å². The first-order valence-corrected chi connectivity index (χ1v) is 8.04. The maximum atomic E-state index is 11.6. The zero-order chi connectivity index (χ0) is 15.3. The fourth-order valence-electron chi connectivity index (χ4n) is 3.26. The van der Waals surface area contributed by atoms with Crippen molar-refractivity contribution in [2.75, 3.05) is 19.6 Å². The first kappa shape index (κ1) is 17.4. The number of aliphatic carboxylic acids is 1. The highest BCUT2D eigenvalue weighted by Gasteiger charge is 2.36. The predicted octanol–water partition coefficient (Wildman–Crippen LogP) is 2.59. The first-order chi connectivity index (χ1) is 9.30. The van der Waals surface area contributed by atoms with E-state index in [0.29, 0.717) is 12.8 Å². The number of rotatable bonds is 8. The number of hydrogen-bond acceptors (Lipinski definition) is 3. The van der Waals surface area contributed by atoms with E-state index in [1.54, 1.807) is 0 Å². The van der Waals surface area contributed by atoms with Crippen molar-refractivity contribution >= 4 is 5.97 Å². The van der Waals surface area contributed by atoms with Crippen molar-refractivity contribution in [3.05, 3.63) is 0 Å². The van der Waals surface area contributed by atoms with Crippen LogP contribution in [-0.4, -0.2) is 47.2 Å². The third-order valence-electron chi connectivity index (χ3n) is 4.72. The summed E-state index contributed by atoms with van der Waals surface area (Å²) in [5.41, 5.74) is -0.759. The molecule has 4 heteroatoms. The lowest BCUT2D eigenvalue weighted by Crippen LogP contribution is -2.54. The number of carboxylic acid groups (broad SMARTS) is 1. The van der Waals surface area contributed by atoms with Gasteiger partial charge < -0.3 is 10.0 Å². The summed E-state index contributed by atoms with van der Waals surface area (Å²) in [6.07, 6.45) is 2.28. The number of hydrogen-bond donors (Lipinski definition) is 2. The highest BCUT2D eigenvalue weighted by molar-refractivity contribution is 5.78. The van der Waals surface area contributed by atoms with Gasteiger partial charge in [-0.2, -0.15) is 0 Å². The van der Waals surface area contributed by atoms with Gasteiger partial charge in [0.15, 0.2) is 0 Å². The fourth-order valence-corrected chi connectivity index (χ4v) is 3.26.